The molecule has 2 aromatic rings. The van der Waals surface area contributed by atoms with Gasteiger partial charge in [0.1, 0.15) is 6.29 Å². The van der Waals surface area contributed by atoms with Crippen molar-refractivity contribution in [2.24, 2.45) is 0 Å². The minimum absolute atomic E-state index is 0.00407. The van der Waals surface area contributed by atoms with Gasteiger partial charge in [-0.2, -0.15) is 0 Å². The second kappa shape index (κ2) is 17.0. The molecule has 0 aromatic heterocycles. The monoisotopic (exact) mass is 530 g/mol. The summed E-state index contributed by atoms with van der Waals surface area (Å²) >= 11 is 0. The number of hydrogen-bond donors (Lipinski definition) is 0. The molecule has 0 aliphatic rings. The predicted molar refractivity (Wildman–Crippen MR) is 151 cm³/mol. The molecule has 0 saturated carbocycles. The highest BCUT2D eigenvalue weighted by Gasteiger charge is 2.22. The van der Waals surface area contributed by atoms with Crippen molar-refractivity contribution < 1.29 is 19.4 Å². The van der Waals surface area contributed by atoms with Gasteiger partial charge in [0.25, 0.3) is 17.3 Å². The molecule has 2 aromatic carbocycles. The van der Waals surface area contributed by atoms with E-state index in [1.165, 1.54) is 48.5 Å². The van der Waals surface area contributed by atoms with Crippen LogP contribution in [0.3, 0.4) is 0 Å². The fourth-order valence-corrected chi connectivity index (χ4v) is 3.94. The van der Waals surface area contributed by atoms with Crippen LogP contribution in [0, 0.1) is 20.2 Å². The lowest BCUT2D eigenvalue weighted by atomic mass is 10.1. The van der Waals surface area contributed by atoms with Crippen LogP contribution in [-0.4, -0.2) is 62.6 Å². The van der Waals surface area contributed by atoms with Crippen LogP contribution in [0.25, 0.3) is 0 Å². The zero-order valence-electron chi connectivity index (χ0n) is 24.0. The van der Waals surface area contributed by atoms with Gasteiger partial charge in [0.15, 0.2) is 0 Å². The highest BCUT2D eigenvalue weighted by molar-refractivity contribution is 5.94. The number of rotatable bonds is 9. The average Bonchev–Trinajstić information content (AvgIpc) is 2.84. The summed E-state index contributed by atoms with van der Waals surface area (Å²) in [5.74, 6) is -0.102. The zero-order chi connectivity index (χ0) is 29.6. The Bertz CT molecular complexity index is 1000. The van der Waals surface area contributed by atoms with Crippen LogP contribution in [0.1, 0.15) is 83.0 Å². The van der Waals surface area contributed by atoms with Gasteiger partial charge < -0.3 is 4.90 Å². The number of nitro benzene ring substituents is 2. The Morgan fingerprint density at radius 2 is 1.11 bits per heavy atom. The lowest BCUT2D eigenvalue weighted by molar-refractivity contribution is -0.385. The van der Waals surface area contributed by atoms with Gasteiger partial charge in [0.05, 0.1) is 9.85 Å². The number of carbonyl (C=O) groups excluding carboxylic acids is 2. The van der Waals surface area contributed by atoms with E-state index < -0.39 is 9.85 Å². The molecule has 0 heterocycles. The van der Waals surface area contributed by atoms with Crippen molar-refractivity contribution in [3.8, 4) is 0 Å². The number of nitro groups is 2. The van der Waals surface area contributed by atoms with E-state index in [0.717, 1.165) is 6.54 Å². The second-order valence-electron chi connectivity index (χ2n) is 9.69. The van der Waals surface area contributed by atoms with E-state index in [4.69, 9.17) is 0 Å². The molecular formula is C28H42N4O6. The Morgan fingerprint density at radius 1 is 0.737 bits per heavy atom. The minimum atomic E-state index is -0.505. The maximum absolute atomic E-state index is 12.3. The summed E-state index contributed by atoms with van der Waals surface area (Å²) in [7, 11) is 0. The third kappa shape index (κ3) is 11.6. The molecule has 0 atom stereocenters. The van der Waals surface area contributed by atoms with Crippen LogP contribution in [0.2, 0.25) is 0 Å². The van der Waals surface area contributed by atoms with Crippen molar-refractivity contribution in [1.29, 1.82) is 0 Å². The Labute approximate surface area is 225 Å². The molecule has 2 rings (SSSR count). The second-order valence-corrected chi connectivity index (χ2v) is 9.69. The molecule has 1 amide bonds. The number of nitrogens with zero attached hydrogens (tertiary/aromatic N) is 4. The van der Waals surface area contributed by atoms with Gasteiger partial charge >= 0.3 is 0 Å². The summed E-state index contributed by atoms with van der Waals surface area (Å²) in [6.07, 6.45) is 0.643. The first kappa shape index (κ1) is 34.3. The lowest BCUT2D eigenvalue weighted by Crippen LogP contribution is -2.42. The molecule has 10 nitrogen and oxygen atoms in total. The first-order valence-corrected chi connectivity index (χ1v) is 12.7. The zero-order valence-corrected chi connectivity index (χ0v) is 24.0. The van der Waals surface area contributed by atoms with Crippen molar-refractivity contribution in [3.63, 3.8) is 0 Å². The third-order valence-corrected chi connectivity index (χ3v) is 5.60. The van der Waals surface area contributed by atoms with E-state index in [1.807, 2.05) is 27.7 Å². The quantitative estimate of drug-likeness (QED) is 0.209. The van der Waals surface area contributed by atoms with Crippen LogP contribution in [-0.2, 0) is 0 Å². The van der Waals surface area contributed by atoms with Crippen LogP contribution in [0.15, 0.2) is 48.5 Å². The molecule has 0 unspecified atom stereocenters. The minimum Gasteiger partial charge on any atom is -0.334 e. The van der Waals surface area contributed by atoms with E-state index in [2.05, 4.69) is 39.5 Å². The normalized spacial score (nSPS) is 10.6. The molecule has 38 heavy (non-hydrogen) atoms. The van der Waals surface area contributed by atoms with Crippen molar-refractivity contribution >= 4 is 23.6 Å². The fraction of sp³-hybridized carbons (Fsp3) is 0.500. The third-order valence-electron chi connectivity index (χ3n) is 5.60. The number of carbonyl (C=O) groups is 2. The van der Waals surface area contributed by atoms with E-state index in [1.54, 1.807) is 4.90 Å². The molecule has 0 radical (unpaired) electrons. The Hall–Kier alpha value is -3.66. The smallest absolute Gasteiger partial charge is 0.269 e. The molecular weight excluding hydrogens is 488 g/mol. The highest BCUT2D eigenvalue weighted by Crippen LogP contribution is 2.16. The average molecular weight is 531 g/mol. The number of aldehydes is 1. The van der Waals surface area contributed by atoms with Gasteiger partial charge in [-0.25, -0.2) is 0 Å². The van der Waals surface area contributed by atoms with Gasteiger partial charge in [-0.05, 0) is 86.2 Å². The SMILES string of the molecule is CC(C)N(C(=O)c1ccc([N+](=O)[O-])cc1)C(C)C.CCN(C(C)C)C(C)C.O=Cc1ccc([N+](=O)[O-])cc1. The summed E-state index contributed by atoms with van der Waals surface area (Å²) in [4.78, 5) is 46.3. The lowest BCUT2D eigenvalue weighted by Gasteiger charge is -2.30. The molecule has 0 saturated heterocycles. The number of amides is 1. The molecule has 0 fully saturated rings. The summed E-state index contributed by atoms with van der Waals surface area (Å²) < 4.78 is 0. The Kier molecular flexibility index (Phi) is 15.3. The van der Waals surface area contributed by atoms with Crippen molar-refractivity contribution in [3.05, 3.63) is 79.9 Å². The predicted octanol–water partition coefficient (Wildman–Crippen LogP) is 6.39. The molecule has 0 aliphatic heterocycles. The first-order valence-electron chi connectivity index (χ1n) is 12.7. The topological polar surface area (TPSA) is 127 Å². The maximum atomic E-state index is 12.3. The number of hydrogen-bond acceptors (Lipinski definition) is 7. The standard InChI is InChI=1S/C13H18N2O3.C8H19N.C7H5NO3/c1-9(2)14(10(3)4)13(16)11-5-7-12(8-6-11)15(17)18;1-6-9(7(2)3)8(4)5;9-5-6-1-3-7(4-2-6)8(10)11/h5-10H,1-4H3;7-8H,6H2,1-5H3;1-5H. The van der Waals surface area contributed by atoms with E-state index in [9.17, 15) is 29.8 Å². The van der Waals surface area contributed by atoms with Gasteiger partial charge in [0.2, 0.25) is 0 Å². The summed E-state index contributed by atoms with van der Waals surface area (Å²) in [5, 5.41) is 20.7. The summed E-state index contributed by atoms with van der Waals surface area (Å²) in [5.41, 5.74) is 0.904. The van der Waals surface area contributed by atoms with Crippen LogP contribution in [0.5, 0.6) is 0 Å². The van der Waals surface area contributed by atoms with E-state index in [-0.39, 0.29) is 29.4 Å². The molecule has 0 spiro atoms. The van der Waals surface area contributed by atoms with Gasteiger partial charge in [0, 0.05) is 59.6 Å². The van der Waals surface area contributed by atoms with E-state index >= 15 is 0 Å². The van der Waals surface area contributed by atoms with Crippen LogP contribution < -0.4 is 0 Å². The Morgan fingerprint density at radius 3 is 1.34 bits per heavy atom. The summed E-state index contributed by atoms with van der Waals surface area (Å²) in [6, 6.07) is 12.7. The molecule has 0 aliphatic carbocycles. The molecule has 210 valence electrons. The fourth-order valence-electron chi connectivity index (χ4n) is 3.94. The first-order chi connectivity index (χ1) is 17.7. The van der Waals surface area contributed by atoms with Crippen LogP contribution in [0.4, 0.5) is 11.4 Å². The van der Waals surface area contributed by atoms with Gasteiger partial charge in [-0.15, -0.1) is 0 Å². The van der Waals surface area contributed by atoms with Crippen molar-refractivity contribution in [1.82, 2.24) is 9.80 Å². The van der Waals surface area contributed by atoms with Crippen molar-refractivity contribution in [2.75, 3.05) is 6.54 Å². The highest BCUT2D eigenvalue weighted by atomic mass is 16.6. The molecule has 0 N–H and O–H groups in total. The molecule has 10 heteroatoms. The van der Waals surface area contributed by atoms with Gasteiger partial charge in [-0.3, -0.25) is 34.7 Å². The Balaban J connectivity index is 0.000000586. The van der Waals surface area contributed by atoms with Crippen LogP contribution >= 0.6 is 0 Å². The number of benzene rings is 2. The maximum Gasteiger partial charge on any atom is 0.269 e. The van der Waals surface area contributed by atoms with E-state index in [0.29, 0.717) is 29.5 Å². The van der Waals surface area contributed by atoms with Gasteiger partial charge in [-0.1, -0.05) is 6.92 Å². The number of non-ortho nitro benzene ring substituents is 2. The summed E-state index contributed by atoms with van der Waals surface area (Å²) in [6.45, 7) is 20.1. The van der Waals surface area contributed by atoms with Crippen molar-refractivity contribution in [2.45, 2.75) is 86.5 Å². The molecule has 0 bridgehead atoms. The largest absolute Gasteiger partial charge is 0.334 e.